The highest BCUT2D eigenvalue weighted by Crippen LogP contribution is 2.26. The van der Waals surface area contributed by atoms with Crippen LogP contribution in [-0.4, -0.2) is 95.4 Å². The number of allylic oxidation sites excluding steroid dienone is 3. The van der Waals surface area contributed by atoms with Crippen LogP contribution in [0.1, 0.15) is 219 Å². The van der Waals surface area contributed by atoms with E-state index in [-0.39, 0.29) is 18.9 Å². The minimum atomic E-state index is -5.08. The predicted octanol–water partition coefficient (Wildman–Crippen LogP) is 10.1. The molecule has 0 aliphatic carbocycles. The van der Waals surface area contributed by atoms with Crippen LogP contribution in [0.4, 0.5) is 0 Å². The Morgan fingerprint density at radius 2 is 1.05 bits per heavy atom. The molecule has 1 amide bonds. The summed E-state index contributed by atoms with van der Waals surface area (Å²) in [6.45, 7) is 3.38. The van der Waals surface area contributed by atoms with Crippen molar-refractivity contribution >= 4 is 16.3 Å². The van der Waals surface area contributed by atoms with Crippen LogP contribution in [0, 0.1) is 0 Å². The summed E-state index contributed by atoms with van der Waals surface area (Å²) in [5.41, 5.74) is 0. The highest BCUT2D eigenvalue weighted by Gasteiger charge is 2.48. The molecule has 1 rings (SSSR count). The Labute approximate surface area is 372 Å². The van der Waals surface area contributed by atoms with Gasteiger partial charge in [-0.15, -0.1) is 0 Å². The van der Waals surface area contributed by atoms with Crippen molar-refractivity contribution in [2.24, 2.45) is 0 Å². The van der Waals surface area contributed by atoms with Gasteiger partial charge in [-0.3, -0.25) is 9.35 Å². The zero-order chi connectivity index (χ0) is 44.8. The van der Waals surface area contributed by atoms with E-state index in [2.05, 4.69) is 35.5 Å². The molecule has 0 saturated carbocycles. The monoisotopic (exact) mass is 890 g/mol. The molecule has 0 aromatic rings. The number of carbonyl (C=O) groups is 1. The van der Waals surface area contributed by atoms with Gasteiger partial charge in [-0.25, -0.2) is 4.18 Å². The summed E-state index contributed by atoms with van der Waals surface area (Å²) in [4.78, 5) is 13.0. The lowest BCUT2D eigenvalue weighted by Crippen LogP contribution is -2.61. The minimum absolute atomic E-state index is 0.263. The lowest BCUT2D eigenvalue weighted by molar-refractivity contribution is -0.298. The number of carbonyl (C=O) groups excluding carboxylic acids is 1. The molecule has 2 unspecified atom stereocenters. The average Bonchev–Trinajstić information content (AvgIpc) is 3.23. The van der Waals surface area contributed by atoms with E-state index in [0.717, 1.165) is 38.5 Å². The van der Waals surface area contributed by atoms with Crippen molar-refractivity contribution in [3.63, 3.8) is 0 Å². The number of rotatable bonds is 42. The van der Waals surface area contributed by atoms with Gasteiger partial charge in [0.15, 0.2) is 6.29 Å². The summed E-state index contributed by atoms with van der Waals surface area (Å²) < 4.78 is 47.6. The van der Waals surface area contributed by atoms with Crippen LogP contribution >= 0.6 is 0 Å². The number of hydrogen-bond acceptors (Lipinski definition) is 10. The van der Waals surface area contributed by atoms with Crippen molar-refractivity contribution in [3.05, 3.63) is 24.3 Å². The van der Waals surface area contributed by atoms with Gasteiger partial charge in [0.2, 0.25) is 5.91 Å². The second kappa shape index (κ2) is 39.0. The molecule has 360 valence electrons. The first kappa shape index (κ1) is 57.6. The predicted molar refractivity (Wildman–Crippen MR) is 245 cm³/mol. The van der Waals surface area contributed by atoms with Gasteiger partial charge in [-0.05, 0) is 44.9 Å². The summed E-state index contributed by atoms with van der Waals surface area (Å²) in [7, 11) is -5.08. The van der Waals surface area contributed by atoms with Gasteiger partial charge < -0.3 is 35.2 Å². The van der Waals surface area contributed by atoms with Crippen LogP contribution in [0.15, 0.2) is 24.3 Å². The molecule has 0 spiro atoms. The van der Waals surface area contributed by atoms with Crippen molar-refractivity contribution in [2.75, 3.05) is 13.2 Å². The minimum Gasteiger partial charge on any atom is -0.394 e. The molecule has 13 heteroatoms. The zero-order valence-corrected chi connectivity index (χ0v) is 39.3. The first-order chi connectivity index (χ1) is 29.5. The van der Waals surface area contributed by atoms with Gasteiger partial charge in [0, 0.05) is 6.42 Å². The molecule has 1 saturated heterocycles. The molecule has 0 aromatic carbocycles. The largest absolute Gasteiger partial charge is 0.397 e. The van der Waals surface area contributed by atoms with Crippen LogP contribution in [-0.2, 0) is 28.9 Å². The van der Waals surface area contributed by atoms with E-state index < -0.39 is 59.9 Å². The molecular weight excluding hydrogens is 799 g/mol. The highest BCUT2D eigenvalue weighted by molar-refractivity contribution is 7.80. The van der Waals surface area contributed by atoms with Gasteiger partial charge in [0.05, 0.1) is 25.4 Å². The summed E-state index contributed by atoms with van der Waals surface area (Å²) in [5.74, 6) is -0.263. The normalized spacial score (nSPS) is 20.8. The third-order valence-electron chi connectivity index (χ3n) is 11.7. The third kappa shape index (κ3) is 32.0. The first-order valence-corrected chi connectivity index (χ1v) is 26.1. The molecule has 6 N–H and O–H groups in total. The summed E-state index contributed by atoms with van der Waals surface area (Å²) in [6.07, 6.45) is 36.4. The molecule has 1 heterocycles. The van der Waals surface area contributed by atoms with Gasteiger partial charge in [-0.1, -0.05) is 192 Å². The average molecular weight is 890 g/mol. The Morgan fingerprint density at radius 3 is 1.48 bits per heavy atom. The van der Waals surface area contributed by atoms with Crippen molar-refractivity contribution < 1.29 is 51.8 Å². The molecule has 1 aliphatic rings. The van der Waals surface area contributed by atoms with Crippen molar-refractivity contribution in [3.8, 4) is 0 Å². The SMILES string of the molecule is CCCCCCCC/C=C\CCCCCCCCCCCCCC(=O)N[C@@H](CO[C@@H]1O[C@H](CO)[C@H](O)C(OS(=O)(=O)O)C1O)[C@H](O)/C=C/CCCCCCCCCCCCC. The third-order valence-corrected chi connectivity index (χ3v) is 12.2. The number of aliphatic hydroxyl groups is 4. The van der Waals surface area contributed by atoms with E-state index >= 15 is 0 Å². The van der Waals surface area contributed by atoms with Crippen LogP contribution in [0.25, 0.3) is 0 Å². The van der Waals surface area contributed by atoms with Crippen LogP contribution in [0.2, 0.25) is 0 Å². The van der Waals surface area contributed by atoms with E-state index in [1.807, 2.05) is 6.08 Å². The Bertz CT molecular complexity index is 1190. The molecule has 1 fully saturated rings. The Balaban J connectivity index is 2.44. The molecule has 0 bridgehead atoms. The fraction of sp³-hybridized carbons (Fsp3) is 0.896. The molecule has 61 heavy (non-hydrogen) atoms. The fourth-order valence-corrected chi connectivity index (χ4v) is 8.37. The van der Waals surface area contributed by atoms with Crippen LogP contribution < -0.4 is 5.32 Å². The second-order valence-electron chi connectivity index (χ2n) is 17.4. The second-order valence-corrected chi connectivity index (χ2v) is 18.4. The number of hydrogen-bond donors (Lipinski definition) is 6. The van der Waals surface area contributed by atoms with E-state index in [4.69, 9.17) is 9.47 Å². The van der Waals surface area contributed by atoms with E-state index in [0.29, 0.717) is 6.42 Å². The van der Waals surface area contributed by atoms with Crippen LogP contribution in [0.5, 0.6) is 0 Å². The van der Waals surface area contributed by atoms with Crippen molar-refractivity contribution in [1.82, 2.24) is 5.32 Å². The Morgan fingerprint density at radius 1 is 0.639 bits per heavy atom. The number of nitrogens with one attached hydrogen (secondary N) is 1. The van der Waals surface area contributed by atoms with Crippen molar-refractivity contribution in [2.45, 2.75) is 262 Å². The van der Waals surface area contributed by atoms with E-state index in [1.54, 1.807) is 6.08 Å². The number of ether oxygens (including phenoxy) is 2. The van der Waals surface area contributed by atoms with Gasteiger partial charge in [0.1, 0.15) is 24.4 Å². The summed E-state index contributed by atoms with van der Waals surface area (Å²) in [5, 5.41) is 44.7. The molecule has 12 nitrogen and oxygen atoms in total. The first-order valence-electron chi connectivity index (χ1n) is 24.7. The highest BCUT2D eigenvalue weighted by atomic mass is 32.3. The molecule has 0 aromatic heterocycles. The van der Waals surface area contributed by atoms with E-state index in [9.17, 15) is 38.2 Å². The Hall–Kier alpha value is -1.42. The molecule has 0 radical (unpaired) electrons. The fourth-order valence-electron chi connectivity index (χ4n) is 7.86. The summed E-state index contributed by atoms with van der Waals surface area (Å²) in [6, 6.07) is -0.941. The lowest BCUT2D eigenvalue weighted by atomic mass is 9.99. The molecular formula is C48H91NO11S. The number of amides is 1. The number of unbranched alkanes of at least 4 members (excludes halogenated alkanes) is 28. The van der Waals surface area contributed by atoms with Gasteiger partial charge in [0.25, 0.3) is 0 Å². The van der Waals surface area contributed by atoms with Crippen LogP contribution in [0.3, 0.4) is 0 Å². The topological polar surface area (TPSA) is 192 Å². The maximum absolute atomic E-state index is 13.0. The zero-order valence-electron chi connectivity index (χ0n) is 38.5. The van der Waals surface area contributed by atoms with Gasteiger partial charge >= 0.3 is 10.4 Å². The lowest BCUT2D eigenvalue weighted by Gasteiger charge is -2.41. The van der Waals surface area contributed by atoms with Crippen molar-refractivity contribution in [1.29, 1.82) is 0 Å². The Kier molecular flexibility index (Phi) is 36.8. The van der Waals surface area contributed by atoms with E-state index in [1.165, 1.54) is 154 Å². The quantitative estimate of drug-likeness (QED) is 0.0194. The molecule has 1 aliphatic heterocycles. The summed E-state index contributed by atoms with van der Waals surface area (Å²) >= 11 is 0. The maximum Gasteiger partial charge on any atom is 0.397 e. The standard InChI is InChI=1S/C48H91NO11S/c1-3-5-7-9-11-13-15-17-18-19-20-21-22-23-24-26-28-30-32-34-36-38-44(52)49-41(42(51)37-35-33-31-29-27-25-16-14-12-10-8-6-4-2)40-58-48-46(54)47(60-61(55,56)57)45(53)43(39-50)59-48/h17-18,35,37,41-43,45-48,50-51,53-54H,3-16,19-34,36,38-40H2,1-2H3,(H,49,52)(H,55,56,57)/b18-17-,37-35+/t41-,42+,43+,45-,46?,47?,48+/m0/s1. The molecule has 7 atom stereocenters. The smallest absolute Gasteiger partial charge is 0.394 e. The maximum atomic E-state index is 13.0. The number of aliphatic hydroxyl groups excluding tert-OH is 4. The van der Waals surface area contributed by atoms with Gasteiger partial charge in [-0.2, -0.15) is 8.42 Å².